The number of anilines is 1. The Kier molecular flexibility index (Phi) is 3.11. The van der Waals surface area contributed by atoms with Crippen molar-refractivity contribution in [3.05, 3.63) is 30.6 Å². The second-order valence-corrected chi connectivity index (χ2v) is 4.99. The van der Waals surface area contributed by atoms with Crippen LogP contribution in [0.25, 0.3) is 10.9 Å². The van der Waals surface area contributed by atoms with Crippen LogP contribution in [0.2, 0.25) is 0 Å². The number of fused-ring (bicyclic) bond motifs is 1. The van der Waals surface area contributed by atoms with Crippen LogP contribution < -0.4 is 5.32 Å². The lowest BCUT2D eigenvalue weighted by Crippen LogP contribution is -2.39. The van der Waals surface area contributed by atoms with Gasteiger partial charge in [-0.2, -0.15) is 0 Å². The van der Waals surface area contributed by atoms with Crippen molar-refractivity contribution in [2.75, 3.05) is 25.5 Å². The van der Waals surface area contributed by atoms with Crippen LogP contribution in [0.4, 0.5) is 5.82 Å². The van der Waals surface area contributed by atoms with Gasteiger partial charge in [-0.3, -0.25) is 0 Å². The van der Waals surface area contributed by atoms with Crippen molar-refractivity contribution >= 4 is 16.7 Å². The first-order valence-electron chi connectivity index (χ1n) is 6.48. The van der Waals surface area contributed by atoms with Crippen LogP contribution in [-0.4, -0.2) is 41.0 Å². The third kappa shape index (κ3) is 2.29. The number of piperidine rings is 1. The first-order chi connectivity index (χ1) is 8.83. The van der Waals surface area contributed by atoms with Crippen molar-refractivity contribution in [1.82, 2.24) is 14.9 Å². The molecule has 94 valence electrons. The molecule has 0 aliphatic carbocycles. The first-order valence-corrected chi connectivity index (χ1v) is 6.48. The predicted octanol–water partition coefficient (Wildman–Crippen LogP) is 2.14. The summed E-state index contributed by atoms with van der Waals surface area (Å²) in [6, 6.07) is 8.62. The maximum atomic E-state index is 4.39. The maximum absolute atomic E-state index is 4.39. The number of likely N-dealkylation sites (tertiary alicyclic amines) is 1. The molecule has 3 rings (SSSR count). The molecule has 1 aromatic heterocycles. The molecule has 2 heterocycles. The molecule has 4 heteroatoms. The topological polar surface area (TPSA) is 41.0 Å². The Morgan fingerprint density at radius 2 is 2.17 bits per heavy atom. The average Bonchev–Trinajstić information content (AvgIpc) is 2.39. The van der Waals surface area contributed by atoms with Crippen LogP contribution in [0.15, 0.2) is 30.6 Å². The number of hydrogen-bond acceptors (Lipinski definition) is 4. The lowest BCUT2D eigenvalue weighted by Gasteiger charge is -2.30. The Morgan fingerprint density at radius 3 is 3.06 bits per heavy atom. The monoisotopic (exact) mass is 242 g/mol. The summed E-state index contributed by atoms with van der Waals surface area (Å²) in [5.41, 5.74) is 0.999. The second-order valence-electron chi connectivity index (χ2n) is 4.99. The standard InChI is InChI=1S/C14H18N4/c1-18-8-4-5-11(9-18)17-14-12-6-2-3-7-13(12)15-10-16-14/h2-3,6-7,10-11H,4-5,8-9H2,1H3,(H,15,16,17). The molecule has 0 amide bonds. The van der Waals surface area contributed by atoms with Crippen molar-refractivity contribution in [3.8, 4) is 0 Å². The van der Waals surface area contributed by atoms with E-state index in [2.05, 4.69) is 33.3 Å². The summed E-state index contributed by atoms with van der Waals surface area (Å²) in [6.07, 6.45) is 4.09. The minimum Gasteiger partial charge on any atom is -0.365 e. The van der Waals surface area contributed by atoms with Crippen LogP contribution in [0.3, 0.4) is 0 Å². The van der Waals surface area contributed by atoms with Gasteiger partial charge in [0.2, 0.25) is 0 Å². The van der Waals surface area contributed by atoms with Gasteiger partial charge < -0.3 is 10.2 Å². The molecular formula is C14H18N4. The van der Waals surface area contributed by atoms with Crippen LogP contribution in [0.1, 0.15) is 12.8 Å². The Bertz CT molecular complexity index is 535. The Hall–Kier alpha value is -1.68. The fourth-order valence-corrected chi connectivity index (χ4v) is 2.60. The molecule has 1 atom stereocenters. The van der Waals surface area contributed by atoms with E-state index in [4.69, 9.17) is 0 Å². The average molecular weight is 242 g/mol. The van der Waals surface area contributed by atoms with E-state index in [0.717, 1.165) is 23.3 Å². The zero-order valence-electron chi connectivity index (χ0n) is 10.6. The van der Waals surface area contributed by atoms with Gasteiger partial charge in [0.05, 0.1) is 5.52 Å². The molecule has 1 N–H and O–H groups in total. The van der Waals surface area contributed by atoms with Gasteiger partial charge in [0.1, 0.15) is 12.1 Å². The third-order valence-electron chi connectivity index (χ3n) is 3.51. The van der Waals surface area contributed by atoms with Gasteiger partial charge in [-0.15, -0.1) is 0 Å². The Labute approximate surface area is 107 Å². The molecule has 1 saturated heterocycles. The van der Waals surface area contributed by atoms with Crippen molar-refractivity contribution in [3.63, 3.8) is 0 Å². The number of nitrogens with zero attached hydrogens (tertiary/aromatic N) is 3. The van der Waals surface area contributed by atoms with Gasteiger partial charge >= 0.3 is 0 Å². The van der Waals surface area contributed by atoms with Crippen LogP contribution in [0.5, 0.6) is 0 Å². The summed E-state index contributed by atoms with van der Waals surface area (Å²) in [7, 11) is 2.17. The summed E-state index contributed by atoms with van der Waals surface area (Å²) in [5, 5.41) is 4.67. The molecule has 0 radical (unpaired) electrons. The van der Waals surface area contributed by atoms with E-state index < -0.39 is 0 Å². The first kappa shape index (κ1) is 11.4. The Balaban J connectivity index is 1.86. The highest BCUT2D eigenvalue weighted by molar-refractivity contribution is 5.88. The maximum Gasteiger partial charge on any atom is 0.137 e. The molecule has 1 aromatic carbocycles. The molecule has 0 saturated carbocycles. The number of likely N-dealkylation sites (N-methyl/N-ethyl adjacent to an activating group) is 1. The van der Waals surface area contributed by atoms with Gasteiger partial charge in [0.15, 0.2) is 0 Å². The SMILES string of the molecule is CN1CCCC(Nc2ncnc3ccccc23)C1. The number of aromatic nitrogens is 2. The normalized spacial score (nSPS) is 21.1. The van der Waals surface area contributed by atoms with Crippen molar-refractivity contribution in [2.45, 2.75) is 18.9 Å². The molecule has 2 aromatic rings. The number of para-hydroxylation sites is 1. The fourth-order valence-electron chi connectivity index (χ4n) is 2.60. The lowest BCUT2D eigenvalue weighted by atomic mass is 10.1. The number of hydrogen-bond donors (Lipinski definition) is 1. The van der Waals surface area contributed by atoms with Gasteiger partial charge in [-0.05, 0) is 38.6 Å². The van der Waals surface area contributed by atoms with E-state index in [0.29, 0.717) is 6.04 Å². The minimum absolute atomic E-state index is 0.488. The quantitative estimate of drug-likeness (QED) is 0.876. The second kappa shape index (κ2) is 4.90. The number of benzene rings is 1. The molecule has 0 spiro atoms. The molecule has 18 heavy (non-hydrogen) atoms. The zero-order chi connectivity index (χ0) is 12.4. The molecule has 1 unspecified atom stereocenters. The van der Waals surface area contributed by atoms with Crippen LogP contribution >= 0.6 is 0 Å². The third-order valence-corrected chi connectivity index (χ3v) is 3.51. The fraction of sp³-hybridized carbons (Fsp3) is 0.429. The number of nitrogens with one attached hydrogen (secondary N) is 1. The molecule has 0 bridgehead atoms. The largest absolute Gasteiger partial charge is 0.365 e. The summed E-state index contributed by atoms with van der Waals surface area (Å²) >= 11 is 0. The Morgan fingerprint density at radius 1 is 1.28 bits per heavy atom. The van der Waals surface area contributed by atoms with E-state index in [-0.39, 0.29) is 0 Å². The highest BCUT2D eigenvalue weighted by Gasteiger charge is 2.17. The smallest absolute Gasteiger partial charge is 0.137 e. The van der Waals surface area contributed by atoms with Crippen LogP contribution in [-0.2, 0) is 0 Å². The predicted molar refractivity (Wildman–Crippen MR) is 73.7 cm³/mol. The lowest BCUT2D eigenvalue weighted by molar-refractivity contribution is 0.261. The van der Waals surface area contributed by atoms with E-state index in [1.165, 1.54) is 19.4 Å². The van der Waals surface area contributed by atoms with E-state index >= 15 is 0 Å². The van der Waals surface area contributed by atoms with Gasteiger partial charge in [-0.25, -0.2) is 9.97 Å². The van der Waals surface area contributed by atoms with Gasteiger partial charge in [0, 0.05) is 18.0 Å². The summed E-state index contributed by atoms with van der Waals surface area (Å²) in [6.45, 7) is 2.28. The van der Waals surface area contributed by atoms with Crippen LogP contribution in [0, 0.1) is 0 Å². The summed E-state index contributed by atoms with van der Waals surface area (Å²) in [4.78, 5) is 11.0. The molecule has 1 aliphatic heterocycles. The molecule has 1 aliphatic rings. The summed E-state index contributed by atoms with van der Waals surface area (Å²) < 4.78 is 0. The van der Waals surface area contributed by atoms with Crippen molar-refractivity contribution < 1.29 is 0 Å². The highest BCUT2D eigenvalue weighted by atomic mass is 15.2. The number of rotatable bonds is 2. The van der Waals surface area contributed by atoms with Gasteiger partial charge in [0.25, 0.3) is 0 Å². The minimum atomic E-state index is 0.488. The van der Waals surface area contributed by atoms with E-state index in [1.54, 1.807) is 6.33 Å². The molecule has 4 nitrogen and oxygen atoms in total. The van der Waals surface area contributed by atoms with Gasteiger partial charge in [-0.1, -0.05) is 12.1 Å². The molecular weight excluding hydrogens is 224 g/mol. The van der Waals surface area contributed by atoms with Crippen molar-refractivity contribution in [2.24, 2.45) is 0 Å². The van der Waals surface area contributed by atoms with Crippen molar-refractivity contribution in [1.29, 1.82) is 0 Å². The molecule has 1 fully saturated rings. The van der Waals surface area contributed by atoms with E-state index in [9.17, 15) is 0 Å². The highest BCUT2D eigenvalue weighted by Crippen LogP contribution is 2.21. The zero-order valence-corrected chi connectivity index (χ0v) is 10.6. The summed E-state index contributed by atoms with van der Waals surface area (Å²) in [5.74, 6) is 0.959. The van der Waals surface area contributed by atoms with E-state index in [1.807, 2.05) is 18.2 Å².